The number of rotatable bonds is 5. The van der Waals surface area contributed by atoms with Crippen LogP contribution in [0.2, 0.25) is 0 Å². The summed E-state index contributed by atoms with van der Waals surface area (Å²) in [5.74, 6) is -0.411. The molecule has 1 atom stereocenters. The number of hydrogen-bond donors (Lipinski definition) is 1. The summed E-state index contributed by atoms with van der Waals surface area (Å²) in [6.45, 7) is 5.09. The third-order valence-electron chi connectivity index (χ3n) is 2.07. The van der Waals surface area contributed by atoms with Crippen molar-refractivity contribution in [2.45, 2.75) is 20.0 Å². The largest absolute Gasteiger partial charge is 0.382 e. The zero-order valence-electron chi connectivity index (χ0n) is 9.46. The van der Waals surface area contributed by atoms with E-state index in [9.17, 15) is 4.39 Å². The van der Waals surface area contributed by atoms with Crippen LogP contribution in [-0.4, -0.2) is 19.3 Å². The van der Waals surface area contributed by atoms with Gasteiger partial charge in [-0.3, -0.25) is 0 Å². The number of nitriles is 1. The van der Waals surface area contributed by atoms with Crippen LogP contribution in [0, 0.1) is 17.1 Å². The van der Waals surface area contributed by atoms with Gasteiger partial charge in [0.15, 0.2) is 0 Å². The first-order valence-corrected chi connectivity index (χ1v) is 5.22. The maximum atomic E-state index is 13.1. The molecule has 1 aromatic carbocycles. The molecule has 1 rings (SSSR count). The Hall–Kier alpha value is -1.60. The lowest BCUT2D eigenvalue weighted by molar-refractivity contribution is 0.0855. The molecule has 0 aromatic heterocycles. The number of ether oxygens (including phenoxy) is 1. The molecule has 1 unspecified atom stereocenters. The van der Waals surface area contributed by atoms with Crippen LogP contribution >= 0.6 is 0 Å². The van der Waals surface area contributed by atoms with Crippen molar-refractivity contribution >= 4 is 5.69 Å². The molecule has 0 aliphatic heterocycles. The molecule has 0 aliphatic carbocycles. The number of hydrogen-bond acceptors (Lipinski definition) is 3. The molecule has 86 valence electrons. The monoisotopic (exact) mass is 222 g/mol. The fraction of sp³-hybridized carbons (Fsp3) is 0.417. The summed E-state index contributed by atoms with van der Waals surface area (Å²) in [4.78, 5) is 0. The highest BCUT2D eigenvalue weighted by Crippen LogP contribution is 2.13. The fourth-order valence-corrected chi connectivity index (χ4v) is 1.36. The minimum atomic E-state index is -0.411. The summed E-state index contributed by atoms with van der Waals surface area (Å²) >= 11 is 0. The molecular formula is C12H15FN2O. The molecule has 4 heteroatoms. The maximum Gasteiger partial charge on any atom is 0.126 e. The zero-order chi connectivity index (χ0) is 12.0. The van der Waals surface area contributed by atoms with Crippen molar-refractivity contribution < 1.29 is 9.13 Å². The van der Waals surface area contributed by atoms with Gasteiger partial charge in [-0.15, -0.1) is 0 Å². The highest BCUT2D eigenvalue weighted by Gasteiger charge is 2.03. The van der Waals surface area contributed by atoms with E-state index in [1.54, 1.807) is 6.07 Å². The second kappa shape index (κ2) is 6.09. The Morgan fingerprint density at radius 2 is 2.25 bits per heavy atom. The summed E-state index contributed by atoms with van der Waals surface area (Å²) in [6.07, 6.45) is 0.0544. The lowest BCUT2D eigenvalue weighted by Crippen LogP contribution is -2.19. The number of benzene rings is 1. The SMILES string of the molecule is CCOC(C)CNc1cc(F)cc(C#N)c1. The minimum absolute atomic E-state index is 0.0544. The smallest absolute Gasteiger partial charge is 0.126 e. The molecule has 0 amide bonds. The normalized spacial score (nSPS) is 11.9. The standard InChI is InChI=1S/C12H15FN2O/c1-3-16-9(2)8-15-12-5-10(7-14)4-11(13)6-12/h4-6,9,15H,3,8H2,1-2H3. The molecule has 0 saturated carbocycles. The Morgan fingerprint density at radius 1 is 1.50 bits per heavy atom. The van der Waals surface area contributed by atoms with Gasteiger partial charge >= 0.3 is 0 Å². The number of nitrogens with one attached hydrogen (secondary N) is 1. The average molecular weight is 222 g/mol. The zero-order valence-corrected chi connectivity index (χ0v) is 9.46. The lowest BCUT2D eigenvalue weighted by atomic mass is 10.2. The van der Waals surface area contributed by atoms with E-state index < -0.39 is 5.82 Å². The van der Waals surface area contributed by atoms with Gasteiger partial charge in [0.05, 0.1) is 17.7 Å². The molecule has 0 spiro atoms. The second-order valence-electron chi connectivity index (χ2n) is 3.49. The van der Waals surface area contributed by atoms with Crippen LogP contribution in [0.3, 0.4) is 0 Å². The molecule has 0 aliphatic rings. The second-order valence-corrected chi connectivity index (χ2v) is 3.49. The first-order chi connectivity index (χ1) is 7.65. The molecular weight excluding hydrogens is 207 g/mol. The Balaban J connectivity index is 2.60. The van der Waals surface area contributed by atoms with Crippen LogP contribution in [0.5, 0.6) is 0 Å². The van der Waals surface area contributed by atoms with E-state index in [0.717, 1.165) is 0 Å². The molecule has 0 fully saturated rings. The van der Waals surface area contributed by atoms with Gasteiger partial charge in [-0.25, -0.2) is 4.39 Å². The van der Waals surface area contributed by atoms with Gasteiger partial charge in [0.25, 0.3) is 0 Å². The van der Waals surface area contributed by atoms with E-state index in [1.807, 2.05) is 19.9 Å². The van der Waals surface area contributed by atoms with E-state index in [2.05, 4.69) is 5.32 Å². The van der Waals surface area contributed by atoms with Gasteiger partial charge in [0.2, 0.25) is 0 Å². The number of anilines is 1. The summed E-state index contributed by atoms with van der Waals surface area (Å²) < 4.78 is 18.4. The van der Waals surface area contributed by atoms with Crippen LogP contribution in [0.4, 0.5) is 10.1 Å². The van der Waals surface area contributed by atoms with Crippen molar-refractivity contribution in [1.29, 1.82) is 5.26 Å². The minimum Gasteiger partial charge on any atom is -0.382 e. The summed E-state index contributed by atoms with van der Waals surface area (Å²) in [6, 6.07) is 6.09. The first kappa shape index (κ1) is 12.5. The molecule has 0 heterocycles. The summed E-state index contributed by atoms with van der Waals surface area (Å²) in [7, 11) is 0. The third kappa shape index (κ3) is 3.87. The lowest BCUT2D eigenvalue weighted by Gasteiger charge is -2.13. The van der Waals surface area contributed by atoms with Crippen LogP contribution in [0.25, 0.3) is 0 Å². The average Bonchev–Trinajstić information content (AvgIpc) is 2.26. The Kier molecular flexibility index (Phi) is 4.74. The Bertz CT molecular complexity index is 387. The molecule has 1 aromatic rings. The highest BCUT2D eigenvalue weighted by atomic mass is 19.1. The Morgan fingerprint density at radius 3 is 2.88 bits per heavy atom. The molecule has 0 radical (unpaired) electrons. The fourth-order valence-electron chi connectivity index (χ4n) is 1.36. The first-order valence-electron chi connectivity index (χ1n) is 5.22. The van der Waals surface area contributed by atoms with Crippen LogP contribution in [0.1, 0.15) is 19.4 Å². The van der Waals surface area contributed by atoms with E-state index >= 15 is 0 Å². The van der Waals surface area contributed by atoms with Crippen molar-refractivity contribution in [3.63, 3.8) is 0 Å². The van der Waals surface area contributed by atoms with Crippen molar-refractivity contribution in [3.05, 3.63) is 29.6 Å². The predicted molar refractivity (Wildman–Crippen MR) is 60.7 cm³/mol. The van der Waals surface area contributed by atoms with Gasteiger partial charge in [0.1, 0.15) is 5.82 Å². The topological polar surface area (TPSA) is 45.0 Å². The van der Waals surface area contributed by atoms with Crippen molar-refractivity contribution in [2.75, 3.05) is 18.5 Å². The molecule has 3 nitrogen and oxygen atoms in total. The van der Waals surface area contributed by atoms with Gasteiger partial charge < -0.3 is 10.1 Å². The molecule has 16 heavy (non-hydrogen) atoms. The van der Waals surface area contributed by atoms with Crippen LogP contribution < -0.4 is 5.32 Å². The van der Waals surface area contributed by atoms with Gasteiger partial charge in [-0.1, -0.05) is 0 Å². The van der Waals surface area contributed by atoms with E-state index in [4.69, 9.17) is 10.00 Å². The van der Waals surface area contributed by atoms with Crippen molar-refractivity contribution in [3.8, 4) is 6.07 Å². The third-order valence-corrected chi connectivity index (χ3v) is 2.07. The predicted octanol–water partition coefficient (Wildman–Crippen LogP) is 2.53. The number of nitrogens with zero attached hydrogens (tertiary/aromatic N) is 1. The van der Waals surface area contributed by atoms with Crippen molar-refractivity contribution in [1.82, 2.24) is 0 Å². The quantitative estimate of drug-likeness (QED) is 0.832. The van der Waals surface area contributed by atoms with Gasteiger partial charge in [-0.05, 0) is 32.0 Å². The van der Waals surface area contributed by atoms with Gasteiger partial charge in [0, 0.05) is 18.8 Å². The molecule has 1 N–H and O–H groups in total. The van der Waals surface area contributed by atoms with Crippen LogP contribution in [-0.2, 0) is 4.74 Å². The Labute approximate surface area is 94.8 Å². The van der Waals surface area contributed by atoms with Crippen LogP contribution in [0.15, 0.2) is 18.2 Å². The van der Waals surface area contributed by atoms with Gasteiger partial charge in [-0.2, -0.15) is 5.26 Å². The van der Waals surface area contributed by atoms with Crippen molar-refractivity contribution in [2.24, 2.45) is 0 Å². The maximum absolute atomic E-state index is 13.1. The van der Waals surface area contributed by atoms with E-state index in [0.29, 0.717) is 24.4 Å². The summed E-state index contributed by atoms with van der Waals surface area (Å²) in [5, 5.41) is 11.7. The molecule has 0 saturated heterocycles. The molecule has 0 bridgehead atoms. The number of halogens is 1. The summed E-state index contributed by atoms with van der Waals surface area (Å²) in [5.41, 5.74) is 0.912. The van der Waals surface area contributed by atoms with E-state index in [1.165, 1.54) is 12.1 Å². The van der Waals surface area contributed by atoms with E-state index in [-0.39, 0.29) is 6.10 Å². The highest BCUT2D eigenvalue weighted by molar-refractivity contribution is 5.49.